The highest BCUT2D eigenvalue weighted by atomic mass is 79.9. The van der Waals surface area contributed by atoms with E-state index in [1.54, 1.807) is 31.5 Å². The minimum atomic E-state index is -0.301. The molecule has 0 aliphatic heterocycles. The summed E-state index contributed by atoms with van der Waals surface area (Å²) in [5, 5.41) is 3.10. The number of hydrogen-bond acceptors (Lipinski definition) is 3. The lowest BCUT2D eigenvalue weighted by Gasteiger charge is -2.17. The summed E-state index contributed by atoms with van der Waals surface area (Å²) in [6.45, 7) is 0. The molecule has 0 unspecified atom stereocenters. The van der Waals surface area contributed by atoms with Crippen molar-refractivity contribution >= 4 is 21.8 Å². The van der Waals surface area contributed by atoms with Gasteiger partial charge in [-0.15, -0.1) is 0 Å². The molecule has 0 spiro atoms. The number of ether oxygens (including phenoxy) is 1. The van der Waals surface area contributed by atoms with Crippen LogP contribution in [0.2, 0.25) is 0 Å². The summed E-state index contributed by atoms with van der Waals surface area (Å²) in [7, 11) is 1.60. The third-order valence-corrected chi connectivity index (χ3v) is 4.29. The van der Waals surface area contributed by atoms with Crippen molar-refractivity contribution in [1.29, 1.82) is 0 Å². The quantitative estimate of drug-likeness (QED) is 0.924. The molecule has 1 aromatic carbocycles. The second kappa shape index (κ2) is 5.48. The molecule has 2 aromatic rings. The lowest BCUT2D eigenvalue weighted by molar-refractivity contribution is 0.0929. The largest absolute Gasteiger partial charge is 0.496 e. The van der Waals surface area contributed by atoms with Crippen LogP contribution in [0.15, 0.2) is 47.1 Å². The van der Waals surface area contributed by atoms with Gasteiger partial charge >= 0.3 is 0 Å². The summed E-state index contributed by atoms with van der Waals surface area (Å²) in [6, 6.07) is 11.1. The molecule has 3 rings (SSSR count). The van der Waals surface area contributed by atoms with Crippen LogP contribution < -0.4 is 10.1 Å². The third-order valence-electron chi connectivity index (χ3n) is 3.67. The lowest BCUT2D eigenvalue weighted by atomic mass is 10.1. The number of methoxy groups -OCH3 is 1. The van der Waals surface area contributed by atoms with E-state index in [1.165, 1.54) is 0 Å². The van der Waals surface area contributed by atoms with Crippen LogP contribution in [0.1, 0.15) is 28.9 Å². The van der Waals surface area contributed by atoms with Gasteiger partial charge in [0.15, 0.2) is 0 Å². The number of benzene rings is 1. The van der Waals surface area contributed by atoms with Gasteiger partial charge < -0.3 is 10.1 Å². The molecular formula is C16H15BrN2O2. The first kappa shape index (κ1) is 14.1. The zero-order valence-electron chi connectivity index (χ0n) is 11.6. The maximum absolute atomic E-state index is 12.4. The predicted molar refractivity (Wildman–Crippen MR) is 83.3 cm³/mol. The molecule has 0 bridgehead atoms. The van der Waals surface area contributed by atoms with Crippen molar-refractivity contribution in [1.82, 2.24) is 10.3 Å². The highest BCUT2D eigenvalue weighted by Crippen LogP contribution is 2.44. The molecule has 1 fully saturated rings. The Bertz CT molecular complexity index is 669. The summed E-state index contributed by atoms with van der Waals surface area (Å²) in [4.78, 5) is 16.8. The van der Waals surface area contributed by atoms with Gasteiger partial charge in [0.1, 0.15) is 5.75 Å². The van der Waals surface area contributed by atoms with E-state index in [0.717, 1.165) is 23.0 Å². The van der Waals surface area contributed by atoms with Crippen molar-refractivity contribution in [2.24, 2.45) is 0 Å². The normalized spacial score (nSPS) is 15.3. The standard InChI is InChI=1S/C16H15BrN2O2/c1-21-13-6-5-11(10-12(13)17)15(20)19-16(7-8-16)14-4-2-3-9-18-14/h2-6,9-10H,7-8H2,1H3,(H,19,20). The van der Waals surface area contributed by atoms with Crippen molar-refractivity contribution < 1.29 is 9.53 Å². The number of halogens is 1. The molecule has 0 radical (unpaired) electrons. The van der Waals surface area contributed by atoms with Gasteiger partial charge in [-0.1, -0.05) is 6.07 Å². The molecular weight excluding hydrogens is 332 g/mol. The van der Waals surface area contributed by atoms with E-state index in [2.05, 4.69) is 26.2 Å². The van der Waals surface area contributed by atoms with Crippen molar-refractivity contribution in [2.45, 2.75) is 18.4 Å². The topological polar surface area (TPSA) is 51.2 Å². The summed E-state index contributed by atoms with van der Waals surface area (Å²) < 4.78 is 5.94. The Morgan fingerprint density at radius 1 is 1.33 bits per heavy atom. The Morgan fingerprint density at radius 2 is 2.14 bits per heavy atom. The van der Waals surface area contributed by atoms with Gasteiger partial charge in [0.05, 0.1) is 22.8 Å². The average molecular weight is 347 g/mol. The summed E-state index contributed by atoms with van der Waals surface area (Å²) in [5.41, 5.74) is 1.22. The van der Waals surface area contributed by atoms with E-state index in [4.69, 9.17) is 4.74 Å². The fraction of sp³-hybridized carbons (Fsp3) is 0.250. The number of carbonyl (C=O) groups excluding carboxylic acids is 1. The van der Waals surface area contributed by atoms with Crippen molar-refractivity contribution in [2.75, 3.05) is 7.11 Å². The zero-order valence-corrected chi connectivity index (χ0v) is 13.2. The highest BCUT2D eigenvalue weighted by Gasteiger charge is 2.47. The van der Waals surface area contributed by atoms with E-state index in [1.807, 2.05) is 18.2 Å². The van der Waals surface area contributed by atoms with Gasteiger partial charge in [0, 0.05) is 11.8 Å². The minimum absolute atomic E-state index is 0.0958. The van der Waals surface area contributed by atoms with Gasteiger partial charge in [-0.25, -0.2) is 0 Å². The number of hydrogen-bond donors (Lipinski definition) is 1. The van der Waals surface area contributed by atoms with Crippen LogP contribution in [0.5, 0.6) is 5.75 Å². The number of amides is 1. The van der Waals surface area contributed by atoms with E-state index in [0.29, 0.717) is 11.3 Å². The Morgan fingerprint density at radius 3 is 2.71 bits per heavy atom. The molecule has 1 saturated carbocycles. The van der Waals surface area contributed by atoms with Crippen LogP contribution in [-0.4, -0.2) is 18.0 Å². The molecule has 0 saturated heterocycles. The van der Waals surface area contributed by atoms with Crippen LogP contribution in [-0.2, 0) is 5.54 Å². The predicted octanol–water partition coefficient (Wildman–Crippen LogP) is 3.27. The number of pyridine rings is 1. The Kier molecular flexibility index (Phi) is 3.68. The summed E-state index contributed by atoms with van der Waals surface area (Å²) in [5.74, 6) is 0.610. The molecule has 1 aromatic heterocycles. The third kappa shape index (κ3) is 2.78. The van der Waals surface area contributed by atoms with E-state index in [9.17, 15) is 4.79 Å². The van der Waals surface area contributed by atoms with E-state index >= 15 is 0 Å². The molecule has 1 amide bonds. The van der Waals surface area contributed by atoms with Gasteiger partial charge in [-0.3, -0.25) is 9.78 Å². The first-order valence-corrected chi connectivity index (χ1v) is 7.51. The SMILES string of the molecule is COc1ccc(C(=O)NC2(c3ccccn3)CC2)cc1Br. The van der Waals surface area contributed by atoms with Gasteiger partial charge in [-0.05, 0) is 59.1 Å². The maximum Gasteiger partial charge on any atom is 0.252 e. The number of rotatable bonds is 4. The fourth-order valence-electron chi connectivity index (χ4n) is 2.31. The highest BCUT2D eigenvalue weighted by molar-refractivity contribution is 9.10. The zero-order chi connectivity index (χ0) is 14.9. The smallest absolute Gasteiger partial charge is 0.252 e. The number of carbonyl (C=O) groups is 1. The molecule has 1 heterocycles. The fourth-order valence-corrected chi connectivity index (χ4v) is 2.85. The Labute approximate surface area is 131 Å². The average Bonchev–Trinajstić information content (AvgIpc) is 3.29. The Balaban J connectivity index is 1.79. The summed E-state index contributed by atoms with van der Waals surface area (Å²) in [6.07, 6.45) is 3.60. The molecule has 108 valence electrons. The molecule has 1 N–H and O–H groups in total. The van der Waals surface area contributed by atoms with Crippen molar-refractivity contribution in [3.63, 3.8) is 0 Å². The maximum atomic E-state index is 12.4. The first-order chi connectivity index (χ1) is 10.1. The van der Waals surface area contributed by atoms with Gasteiger partial charge in [0.2, 0.25) is 0 Å². The number of nitrogens with one attached hydrogen (secondary N) is 1. The van der Waals surface area contributed by atoms with Crippen molar-refractivity contribution in [3.8, 4) is 5.75 Å². The van der Waals surface area contributed by atoms with Crippen LogP contribution in [0, 0.1) is 0 Å². The number of aromatic nitrogens is 1. The van der Waals surface area contributed by atoms with Crippen LogP contribution in [0.4, 0.5) is 0 Å². The minimum Gasteiger partial charge on any atom is -0.496 e. The molecule has 4 nitrogen and oxygen atoms in total. The Hall–Kier alpha value is -1.88. The number of nitrogens with zero attached hydrogens (tertiary/aromatic N) is 1. The second-order valence-electron chi connectivity index (χ2n) is 5.10. The van der Waals surface area contributed by atoms with Gasteiger partial charge in [0.25, 0.3) is 5.91 Å². The van der Waals surface area contributed by atoms with Crippen LogP contribution in [0.3, 0.4) is 0 Å². The lowest BCUT2D eigenvalue weighted by Crippen LogP contribution is -2.35. The molecule has 5 heteroatoms. The molecule has 0 atom stereocenters. The second-order valence-corrected chi connectivity index (χ2v) is 5.95. The van der Waals surface area contributed by atoms with E-state index < -0.39 is 0 Å². The van der Waals surface area contributed by atoms with E-state index in [-0.39, 0.29) is 11.4 Å². The molecule has 1 aliphatic carbocycles. The monoisotopic (exact) mass is 346 g/mol. The van der Waals surface area contributed by atoms with Crippen LogP contribution in [0.25, 0.3) is 0 Å². The first-order valence-electron chi connectivity index (χ1n) is 6.72. The van der Waals surface area contributed by atoms with Crippen LogP contribution >= 0.6 is 15.9 Å². The van der Waals surface area contributed by atoms with Crippen molar-refractivity contribution in [3.05, 3.63) is 58.3 Å². The molecule has 1 aliphatic rings. The molecule has 21 heavy (non-hydrogen) atoms. The van der Waals surface area contributed by atoms with Gasteiger partial charge in [-0.2, -0.15) is 0 Å². The summed E-state index contributed by atoms with van der Waals surface area (Å²) >= 11 is 3.40.